The highest BCUT2D eigenvalue weighted by atomic mass is 16.5. The van der Waals surface area contributed by atoms with Crippen LogP contribution in [0.3, 0.4) is 0 Å². The molecule has 2 aromatic rings. The summed E-state index contributed by atoms with van der Waals surface area (Å²) in [6, 6.07) is 7.39. The molecule has 0 unspecified atom stereocenters. The summed E-state index contributed by atoms with van der Waals surface area (Å²) in [5.74, 6) is 1.73. The minimum absolute atomic E-state index is 0.0854. The molecule has 0 aliphatic carbocycles. The maximum absolute atomic E-state index is 12.7. The van der Waals surface area contributed by atoms with Gasteiger partial charge in [-0.2, -0.15) is 0 Å². The summed E-state index contributed by atoms with van der Waals surface area (Å²) < 4.78 is 11.0. The molecule has 0 spiro atoms. The van der Waals surface area contributed by atoms with Gasteiger partial charge in [-0.1, -0.05) is 25.1 Å². The molecule has 0 fully saturated rings. The SMILES string of the molecule is Cc1ccc(C(=O)N(C)Cc2cc(C(C)C)on2)cc1OCCCN. The number of hydrogen-bond acceptors (Lipinski definition) is 5. The lowest BCUT2D eigenvalue weighted by Crippen LogP contribution is -2.26. The quantitative estimate of drug-likeness (QED) is 0.744. The molecule has 0 saturated carbocycles. The van der Waals surface area contributed by atoms with Crippen LogP contribution in [0, 0.1) is 6.92 Å². The van der Waals surface area contributed by atoms with Crippen LogP contribution in [0.5, 0.6) is 5.75 Å². The fourth-order valence-corrected chi connectivity index (χ4v) is 2.36. The molecule has 0 radical (unpaired) electrons. The number of carbonyl (C=O) groups excluding carboxylic acids is 1. The Morgan fingerprint density at radius 2 is 2.12 bits per heavy atom. The van der Waals surface area contributed by atoms with Gasteiger partial charge < -0.3 is 19.9 Å². The van der Waals surface area contributed by atoms with Crippen molar-refractivity contribution in [2.24, 2.45) is 5.73 Å². The first-order valence-corrected chi connectivity index (χ1v) is 8.56. The number of aromatic nitrogens is 1. The van der Waals surface area contributed by atoms with Crippen LogP contribution in [0.1, 0.15) is 53.6 Å². The highest BCUT2D eigenvalue weighted by Crippen LogP contribution is 2.21. The largest absolute Gasteiger partial charge is 0.493 e. The third kappa shape index (κ3) is 5.06. The van der Waals surface area contributed by atoms with Crippen molar-refractivity contribution in [1.29, 1.82) is 0 Å². The van der Waals surface area contributed by atoms with Crippen molar-refractivity contribution in [3.05, 3.63) is 46.8 Å². The van der Waals surface area contributed by atoms with E-state index in [1.165, 1.54) is 0 Å². The molecule has 0 atom stereocenters. The Labute approximate surface area is 148 Å². The van der Waals surface area contributed by atoms with Gasteiger partial charge in [-0.25, -0.2) is 0 Å². The summed E-state index contributed by atoms with van der Waals surface area (Å²) in [7, 11) is 1.75. The van der Waals surface area contributed by atoms with Crippen molar-refractivity contribution in [3.63, 3.8) is 0 Å². The smallest absolute Gasteiger partial charge is 0.254 e. The molecule has 1 amide bonds. The number of carbonyl (C=O) groups is 1. The van der Waals surface area contributed by atoms with E-state index in [0.717, 1.165) is 29.2 Å². The number of hydrogen-bond donors (Lipinski definition) is 1. The maximum atomic E-state index is 12.7. The first-order chi connectivity index (χ1) is 11.9. The third-order valence-electron chi connectivity index (χ3n) is 3.93. The average Bonchev–Trinajstić information content (AvgIpc) is 3.05. The summed E-state index contributed by atoms with van der Waals surface area (Å²) in [6.45, 7) is 7.55. The molecule has 6 heteroatoms. The normalized spacial score (nSPS) is 11.0. The number of amides is 1. The summed E-state index contributed by atoms with van der Waals surface area (Å²) in [6.07, 6.45) is 0.780. The fraction of sp³-hybridized carbons (Fsp3) is 0.474. The van der Waals surface area contributed by atoms with Crippen LogP contribution in [0.25, 0.3) is 0 Å². The van der Waals surface area contributed by atoms with E-state index in [1.807, 2.05) is 39.0 Å². The lowest BCUT2D eigenvalue weighted by atomic mass is 10.1. The maximum Gasteiger partial charge on any atom is 0.254 e. The lowest BCUT2D eigenvalue weighted by molar-refractivity contribution is 0.0781. The van der Waals surface area contributed by atoms with E-state index in [2.05, 4.69) is 5.16 Å². The Balaban J connectivity index is 2.06. The molecule has 0 bridgehead atoms. The van der Waals surface area contributed by atoms with E-state index in [9.17, 15) is 4.79 Å². The number of benzene rings is 1. The van der Waals surface area contributed by atoms with Gasteiger partial charge in [0.15, 0.2) is 0 Å². The monoisotopic (exact) mass is 345 g/mol. The van der Waals surface area contributed by atoms with Gasteiger partial charge in [-0.3, -0.25) is 4.79 Å². The van der Waals surface area contributed by atoms with Gasteiger partial charge in [0.2, 0.25) is 0 Å². The lowest BCUT2D eigenvalue weighted by Gasteiger charge is -2.17. The minimum atomic E-state index is -0.0854. The predicted octanol–water partition coefficient (Wildman–Crippen LogP) is 3.11. The Morgan fingerprint density at radius 3 is 2.76 bits per heavy atom. The molecule has 6 nitrogen and oxygen atoms in total. The molecule has 1 aromatic carbocycles. The van der Waals surface area contributed by atoms with Crippen LogP contribution < -0.4 is 10.5 Å². The van der Waals surface area contributed by atoms with E-state index in [0.29, 0.717) is 25.3 Å². The molecule has 0 saturated heterocycles. The van der Waals surface area contributed by atoms with Crippen molar-refractivity contribution < 1.29 is 14.1 Å². The van der Waals surface area contributed by atoms with Crippen LogP contribution in [0.4, 0.5) is 0 Å². The van der Waals surface area contributed by atoms with E-state index in [-0.39, 0.29) is 11.8 Å². The van der Waals surface area contributed by atoms with Crippen molar-refractivity contribution >= 4 is 5.91 Å². The molecular weight excluding hydrogens is 318 g/mol. The molecule has 1 heterocycles. The molecular formula is C19H27N3O3. The van der Waals surface area contributed by atoms with Crippen molar-refractivity contribution in [1.82, 2.24) is 10.1 Å². The first-order valence-electron chi connectivity index (χ1n) is 8.56. The zero-order valence-electron chi connectivity index (χ0n) is 15.4. The van der Waals surface area contributed by atoms with Crippen LogP contribution in [0.15, 0.2) is 28.8 Å². The Kier molecular flexibility index (Phi) is 6.58. The summed E-state index contributed by atoms with van der Waals surface area (Å²) >= 11 is 0. The van der Waals surface area contributed by atoms with Crippen LogP contribution in [-0.2, 0) is 6.54 Å². The van der Waals surface area contributed by atoms with Crippen molar-refractivity contribution in [2.75, 3.05) is 20.2 Å². The minimum Gasteiger partial charge on any atom is -0.493 e. The Morgan fingerprint density at radius 1 is 1.36 bits per heavy atom. The van der Waals surface area contributed by atoms with Gasteiger partial charge in [0.1, 0.15) is 17.2 Å². The molecule has 2 N–H and O–H groups in total. The highest BCUT2D eigenvalue weighted by molar-refractivity contribution is 5.94. The summed E-state index contributed by atoms with van der Waals surface area (Å²) in [5.41, 5.74) is 7.81. The Hall–Kier alpha value is -2.34. The number of rotatable bonds is 8. The average molecular weight is 345 g/mol. The molecule has 1 aromatic heterocycles. The zero-order valence-corrected chi connectivity index (χ0v) is 15.4. The topological polar surface area (TPSA) is 81.6 Å². The van der Waals surface area contributed by atoms with Gasteiger partial charge >= 0.3 is 0 Å². The van der Waals surface area contributed by atoms with Crippen molar-refractivity contribution in [3.8, 4) is 5.75 Å². The summed E-state index contributed by atoms with van der Waals surface area (Å²) in [5, 5.41) is 4.03. The highest BCUT2D eigenvalue weighted by Gasteiger charge is 2.16. The fourth-order valence-electron chi connectivity index (χ4n) is 2.36. The van der Waals surface area contributed by atoms with E-state index >= 15 is 0 Å². The molecule has 2 rings (SSSR count). The van der Waals surface area contributed by atoms with Crippen LogP contribution in [0.2, 0.25) is 0 Å². The second-order valence-corrected chi connectivity index (χ2v) is 6.51. The van der Waals surface area contributed by atoms with Gasteiger partial charge in [0, 0.05) is 24.6 Å². The van der Waals surface area contributed by atoms with Gasteiger partial charge in [-0.15, -0.1) is 0 Å². The van der Waals surface area contributed by atoms with E-state index < -0.39 is 0 Å². The van der Waals surface area contributed by atoms with Crippen molar-refractivity contribution in [2.45, 2.75) is 39.7 Å². The Bertz CT molecular complexity index is 710. The summed E-state index contributed by atoms with van der Waals surface area (Å²) in [4.78, 5) is 14.3. The van der Waals surface area contributed by atoms with Gasteiger partial charge in [0.25, 0.3) is 5.91 Å². The molecule has 25 heavy (non-hydrogen) atoms. The van der Waals surface area contributed by atoms with Crippen LogP contribution >= 0.6 is 0 Å². The molecule has 0 aliphatic heterocycles. The number of aryl methyl sites for hydroxylation is 1. The van der Waals surface area contributed by atoms with E-state index in [1.54, 1.807) is 18.0 Å². The number of nitrogens with two attached hydrogens (primary N) is 1. The number of ether oxygens (including phenoxy) is 1. The number of nitrogens with zero attached hydrogens (tertiary/aromatic N) is 2. The van der Waals surface area contributed by atoms with Gasteiger partial charge in [0.05, 0.1) is 13.2 Å². The zero-order chi connectivity index (χ0) is 18.4. The van der Waals surface area contributed by atoms with Gasteiger partial charge in [-0.05, 0) is 37.6 Å². The molecule has 0 aliphatic rings. The molecule has 136 valence electrons. The standard InChI is InChI=1S/C19H27N3O3/c1-13(2)17-11-16(21-25-17)12-22(4)19(23)15-7-6-14(3)18(10-15)24-9-5-8-20/h6-7,10-11,13H,5,8-9,12,20H2,1-4H3. The third-order valence-corrected chi connectivity index (χ3v) is 3.93. The second kappa shape index (κ2) is 8.67. The predicted molar refractivity (Wildman–Crippen MR) is 96.7 cm³/mol. The van der Waals surface area contributed by atoms with Crippen LogP contribution in [-0.4, -0.2) is 36.2 Å². The second-order valence-electron chi connectivity index (χ2n) is 6.51. The first kappa shape index (κ1) is 19.0. The van der Waals surface area contributed by atoms with E-state index in [4.69, 9.17) is 15.0 Å².